The van der Waals surface area contributed by atoms with Crippen LogP contribution in [0.1, 0.15) is 0 Å². The zero-order chi connectivity index (χ0) is 23.3. The molecule has 0 N–H and O–H groups in total. The molecule has 0 spiro atoms. The second-order valence-electron chi connectivity index (χ2n) is 8.14. The fourth-order valence-corrected chi connectivity index (χ4v) is 4.15. The van der Waals surface area contributed by atoms with Gasteiger partial charge in [-0.15, -0.1) is 10.2 Å². The van der Waals surface area contributed by atoms with E-state index in [0.29, 0.717) is 26.2 Å². The predicted octanol–water partition coefficient (Wildman–Crippen LogP) is 4.03. The van der Waals surface area contributed by atoms with Crippen LogP contribution in [0.5, 0.6) is 11.5 Å². The van der Waals surface area contributed by atoms with Crippen LogP contribution >= 0.6 is 0 Å². The van der Waals surface area contributed by atoms with Gasteiger partial charge in [-0.1, -0.05) is 36.4 Å². The van der Waals surface area contributed by atoms with Crippen molar-refractivity contribution in [2.45, 2.75) is 0 Å². The first kappa shape index (κ1) is 21.7. The number of anilines is 1. The van der Waals surface area contributed by atoms with Crippen molar-refractivity contribution in [2.24, 2.45) is 0 Å². The van der Waals surface area contributed by atoms with Gasteiger partial charge in [0.15, 0.2) is 12.4 Å². The molecule has 1 saturated heterocycles. The van der Waals surface area contributed by atoms with Crippen LogP contribution in [0, 0.1) is 0 Å². The number of piperazine rings is 1. The first-order valence-corrected chi connectivity index (χ1v) is 11.3. The summed E-state index contributed by atoms with van der Waals surface area (Å²) in [5, 5.41) is 10.9. The topological polar surface area (TPSA) is 67.8 Å². The Morgan fingerprint density at radius 2 is 1.62 bits per heavy atom. The van der Waals surface area contributed by atoms with Crippen LogP contribution in [0.3, 0.4) is 0 Å². The first-order valence-electron chi connectivity index (χ1n) is 11.3. The smallest absolute Gasteiger partial charge is 0.260 e. The van der Waals surface area contributed by atoms with Crippen LogP contribution in [-0.4, -0.2) is 60.9 Å². The van der Waals surface area contributed by atoms with Gasteiger partial charge in [0.25, 0.3) is 5.91 Å². The van der Waals surface area contributed by atoms with Crippen molar-refractivity contribution < 1.29 is 14.3 Å². The number of amides is 1. The van der Waals surface area contributed by atoms with Crippen molar-refractivity contribution >= 4 is 22.5 Å². The standard InChI is InChI=1S/C27H26N4O3/c1-33-22-11-9-21(10-12-22)24-13-14-26(29-28-24)30-15-17-31(18-16-30)27(32)19-34-25-8-4-6-20-5-2-3-7-23(20)25/h2-14H,15-19H2,1H3. The second kappa shape index (κ2) is 9.79. The number of fused-ring (bicyclic) bond motifs is 1. The number of methoxy groups -OCH3 is 1. The van der Waals surface area contributed by atoms with Gasteiger partial charge in [0, 0.05) is 37.1 Å². The maximum absolute atomic E-state index is 12.7. The van der Waals surface area contributed by atoms with E-state index in [1.54, 1.807) is 7.11 Å². The fourth-order valence-electron chi connectivity index (χ4n) is 4.15. The highest BCUT2D eigenvalue weighted by atomic mass is 16.5. The van der Waals surface area contributed by atoms with Gasteiger partial charge in [-0.25, -0.2) is 0 Å². The molecule has 0 aliphatic carbocycles. The van der Waals surface area contributed by atoms with Gasteiger partial charge in [0.05, 0.1) is 12.8 Å². The Bertz CT molecular complexity index is 1260. The summed E-state index contributed by atoms with van der Waals surface area (Å²) in [5.74, 6) is 2.35. The van der Waals surface area contributed by atoms with Crippen LogP contribution < -0.4 is 14.4 Å². The summed E-state index contributed by atoms with van der Waals surface area (Å²) in [6.07, 6.45) is 0. The lowest BCUT2D eigenvalue weighted by Crippen LogP contribution is -2.50. The summed E-state index contributed by atoms with van der Waals surface area (Å²) < 4.78 is 11.1. The Balaban J connectivity index is 1.15. The van der Waals surface area contributed by atoms with Gasteiger partial charge < -0.3 is 19.3 Å². The van der Waals surface area contributed by atoms with Gasteiger partial charge in [-0.2, -0.15) is 0 Å². The van der Waals surface area contributed by atoms with Crippen molar-refractivity contribution in [3.63, 3.8) is 0 Å². The quantitative estimate of drug-likeness (QED) is 0.438. The van der Waals surface area contributed by atoms with E-state index in [1.807, 2.05) is 83.8 Å². The molecule has 34 heavy (non-hydrogen) atoms. The van der Waals surface area contributed by atoms with E-state index >= 15 is 0 Å². The SMILES string of the molecule is COc1ccc(-c2ccc(N3CCN(C(=O)COc4cccc5ccccc45)CC3)nn2)cc1. The Morgan fingerprint density at radius 3 is 2.35 bits per heavy atom. The average Bonchev–Trinajstić information content (AvgIpc) is 2.92. The molecule has 3 aromatic carbocycles. The molecule has 1 amide bonds. The van der Waals surface area contributed by atoms with E-state index in [-0.39, 0.29) is 12.5 Å². The number of benzene rings is 3. The number of rotatable bonds is 6. The summed E-state index contributed by atoms with van der Waals surface area (Å²) in [6.45, 7) is 2.69. The summed E-state index contributed by atoms with van der Waals surface area (Å²) in [7, 11) is 1.65. The molecule has 1 aliphatic rings. The molecule has 2 heterocycles. The molecule has 172 valence electrons. The van der Waals surface area contributed by atoms with Crippen molar-refractivity contribution in [3.8, 4) is 22.8 Å². The molecule has 7 nitrogen and oxygen atoms in total. The van der Waals surface area contributed by atoms with Gasteiger partial charge >= 0.3 is 0 Å². The zero-order valence-corrected chi connectivity index (χ0v) is 19.1. The molecule has 4 aromatic rings. The number of ether oxygens (including phenoxy) is 2. The lowest BCUT2D eigenvalue weighted by Gasteiger charge is -2.35. The minimum atomic E-state index is -0.00600. The summed E-state index contributed by atoms with van der Waals surface area (Å²) in [4.78, 5) is 16.7. The third kappa shape index (κ3) is 4.64. The number of nitrogens with zero attached hydrogens (tertiary/aromatic N) is 4. The fraction of sp³-hybridized carbons (Fsp3) is 0.222. The maximum atomic E-state index is 12.7. The number of carbonyl (C=O) groups is 1. The predicted molar refractivity (Wildman–Crippen MR) is 132 cm³/mol. The summed E-state index contributed by atoms with van der Waals surface area (Å²) >= 11 is 0. The molecule has 1 aromatic heterocycles. The number of hydrogen-bond acceptors (Lipinski definition) is 6. The molecule has 0 atom stereocenters. The van der Waals surface area contributed by atoms with E-state index in [4.69, 9.17) is 9.47 Å². The van der Waals surface area contributed by atoms with Crippen molar-refractivity contribution in [3.05, 3.63) is 78.9 Å². The van der Waals surface area contributed by atoms with Crippen molar-refractivity contribution in [1.29, 1.82) is 0 Å². The Hall–Kier alpha value is -4.13. The second-order valence-corrected chi connectivity index (χ2v) is 8.14. The van der Waals surface area contributed by atoms with E-state index in [1.165, 1.54) is 0 Å². The molecular weight excluding hydrogens is 428 g/mol. The summed E-state index contributed by atoms with van der Waals surface area (Å²) in [6, 6.07) is 25.6. The normalized spacial score (nSPS) is 13.7. The lowest BCUT2D eigenvalue weighted by molar-refractivity contribution is -0.133. The highest BCUT2D eigenvalue weighted by Gasteiger charge is 2.22. The van der Waals surface area contributed by atoms with E-state index < -0.39 is 0 Å². The molecule has 0 unspecified atom stereocenters. The van der Waals surface area contributed by atoms with E-state index in [2.05, 4.69) is 15.1 Å². The van der Waals surface area contributed by atoms with Crippen LogP contribution in [0.25, 0.3) is 22.0 Å². The lowest BCUT2D eigenvalue weighted by atomic mass is 10.1. The highest BCUT2D eigenvalue weighted by Crippen LogP contribution is 2.25. The van der Waals surface area contributed by atoms with Gasteiger partial charge in [0.1, 0.15) is 11.5 Å². The van der Waals surface area contributed by atoms with Gasteiger partial charge in [-0.05, 0) is 47.9 Å². The average molecular weight is 455 g/mol. The van der Waals surface area contributed by atoms with Crippen LogP contribution in [-0.2, 0) is 4.79 Å². The summed E-state index contributed by atoms with van der Waals surface area (Å²) in [5.41, 5.74) is 1.80. The zero-order valence-electron chi connectivity index (χ0n) is 19.1. The molecule has 0 bridgehead atoms. The third-order valence-electron chi connectivity index (χ3n) is 6.09. The van der Waals surface area contributed by atoms with E-state index in [0.717, 1.165) is 39.3 Å². The largest absolute Gasteiger partial charge is 0.497 e. The van der Waals surface area contributed by atoms with Crippen LogP contribution in [0.2, 0.25) is 0 Å². The molecule has 1 aliphatic heterocycles. The molecule has 0 saturated carbocycles. The molecule has 5 rings (SSSR count). The van der Waals surface area contributed by atoms with Gasteiger partial charge in [-0.3, -0.25) is 4.79 Å². The number of hydrogen-bond donors (Lipinski definition) is 0. The number of aromatic nitrogens is 2. The van der Waals surface area contributed by atoms with Crippen molar-refractivity contribution in [1.82, 2.24) is 15.1 Å². The Morgan fingerprint density at radius 1 is 0.853 bits per heavy atom. The Kier molecular flexibility index (Phi) is 6.25. The van der Waals surface area contributed by atoms with Crippen LogP contribution in [0.15, 0.2) is 78.9 Å². The number of carbonyl (C=O) groups excluding carboxylic acids is 1. The first-order chi connectivity index (χ1) is 16.7. The molecule has 7 heteroatoms. The minimum absolute atomic E-state index is 0.00600. The van der Waals surface area contributed by atoms with Crippen molar-refractivity contribution in [2.75, 3.05) is 44.8 Å². The monoisotopic (exact) mass is 454 g/mol. The van der Waals surface area contributed by atoms with Crippen LogP contribution in [0.4, 0.5) is 5.82 Å². The molecular formula is C27H26N4O3. The van der Waals surface area contributed by atoms with E-state index in [9.17, 15) is 4.79 Å². The minimum Gasteiger partial charge on any atom is -0.497 e. The third-order valence-corrected chi connectivity index (χ3v) is 6.09. The van der Waals surface area contributed by atoms with Gasteiger partial charge in [0.2, 0.25) is 0 Å². The molecule has 1 fully saturated rings. The highest BCUT2D eigenvalue weighted by molar-refractivity contribution is 5.88. The maximum Gasteiger partial charge on any atom is 0.260 e. The molecule has 0 radical (unpaired) electrons. The Labute approximate surface area is 198 Å².